The van der Waals surface area contributed by atoms with Crippen LogP contribution in [0.2, 0.25) is 0 Å². The third kappa shape index (κ3) is 3.37. The zero-order valence-corrected chi connectivity index (χ0v) is 16.8. The summed E-state index contributed by atoms with van der Waals surface area (Å²) in [7, 11) is 0. The largest absolute Gasteiger partial charge is 0.476 e. The molecule has 0 saturated heterocycles. The van der Waals surface area contributed by atoms with Crippen molar-refractivity contribution in [2.24, 2.45) is 0 Å². The molecule has 0 unspecified atom stereocenters. The molecule has 5 rings (SSSR count). The molecule has 4 aromatic rings. The lowest BCUT2D eigenvalue weighted by atomic mass is 9.98. The number of anilines is 1. The number of ether oxygens (including phenoxy) is 1. The number of benzene rings is 2. The fourth-order valence-electron chi connectivity index (χ4n) is 4.05. The van der Waals surface area contributed by atoms with Crippen molar-refractivity contribution in [2.75, 3.05) is 11.9 Å². The summed E-state index contributed by atoms with van der Waals surface area (Å²) in [6.07, 6.45) is 3.69. The van der Waals surface area contributed by atoms with Gasteiger partial charge in [0.1, 0.15) is 12.9 Å². The Labute approximate surface area is 183 Å². The predicted octanol–water partition coefficient (Wildman–Crippen LogP) is 4.33. The summed E-state index contributed by atoms with van der Waals surface area (Å²) in [5.41, 5.74) is 4.70. The van der Waals surface area contributed by atoms with Gasteiger partial charge in [-0.2, -0.15) is 0 Å². The molecule has 8 nitrogen and oxygen atoms in total. The zero-order chi connectivity index (χ0) is 22.1. The SMILES string of the molecule is O=C(Nc1c(C(=O)O)ncn1-c1cccnc1)OCC1c2ccccc2-c2ccccc21. The standard InChI is InChI=1S/C24H18N4O4/c29-23(30)21-22(28(14-26-21)15-6-5-11-25-12-15)27-24(31)32-13-20-18-9-3-1-7-16(18)17-8-2-4-10-19(17)20/h1-12,14,20H,13H2,(H,27,31)(H,29,30). The number of carboxylic acids is 1. The molecular formula is C24H18N4O4. The van der Waals surface area contributed by atoms with Crippen LogP contribution in [0.4, 0.5) is 10.6 Å². The molecule has 0 aliphatic heterocycles. The van der Waals surface area contributed by atoms with Crippen LogP contribution in [0.1, 0.15) is 27.5 Å². The normalized spacial score (nSPS) is 12.1. The molecular weight excluding hydrogens is 408 g/mol. The average molecular weight is 426 g/mol. The van der Waals surface area contributed by atoms with Crippen LogP contribution in [-0.4, -0.2) is 38.3 Å². The van der Waals surface area contributed by atoms with Gasteiger partial charge in [-0.05, 0) is 34.4 Å². The summed E-state index contributed by atoms with van der Waals surface area (Å²) >= 11 is 0. The Morgan fingerprint density at radius 1 is 1.00 bits per heavy atom. The van der Waals surface area contributed by atoms with Crippen molar-refractivity contribution in [3.63, 3.8) is 0 Å². The lowest BCUT2D eigenvalue weighted by molar-refractivity contribution is 0.0692. The van der Waals surface area contributed by atoms with E-state index < -0.39 is 12.1 Å². The molecule has 2 aromatic carbocycles. The number of rotatable bonds is 5. The molecule has 2 N–H and O–H groups in total. The van der Waals surface area contributed by atoms with Gasteiger partial charge in [-0.25, -0.2) is 14.6 Å². The molecule has 1 amide bonds. The number of nitrogens with zero attached hydrogens (tertiary/aromatic N) is 3. The van der Waals surface area contributed by atoms with Gasteiger partial charge < -0.3 is 9.84 Å². The zero-order valence-electron chi connectivity index (χ0n) is 16.8. The molecule has 0 fully saturated rings. The van der Waals surface area contributed by atoms with Gasteiger partial charge in [-0.3, -0.25) is 14.9 Å². The minimum absolute atomic E-state index is 0.00252. The number of carboxylic acid groups (broad SMARTS) is 1. The number of fused-ring (bicyclic) bond motifs is 3. The number of hydrogen-bond donors (Lipinski definition) is 2. The van der Waals surface area contributed by atoms with Crippen LogP contribution in [0.3, 0.4) is 0 Å². The summed E-state index contributed by atoms with van der Waals surface area (Å²) in [5, 5.41) is 12.0. The van der Waals surface area contributed by atoms with Gasteiger partial charge >= 0.3 is 12.1 Å². The van der Waals surface area contributed by atoms with Crippen molar-refractivity contribution in [1.82, 2.24) is 14.5 Å². The first-order valence-electron chi connectivity index (χ1n) is 9.96. The third-order valence-electron chi connectivity index (χ3n) is 5.46. The molecule has 158 valence electrons. The summed E-state index contributed by atoms with van der Waals surface area (Å²) in [5.74, 6) is -1.36. The van der Waals surface area contributed by atoms with Crippen molar-refractivity contribution in [2.45, 2.75) is 5.92 Å². The van der Waals surface area contributed by atoms with Crippen molar-refractivity contribution in [3.05, 3.63) is 96.2 Å². The maximum absolute atomic E-state index is 12.7. The van der Waals surface area contributed by atoms with E-state index in [2.05, 4.69) is 27.4 Å². The molecule has 0 atom stereocenters. The Hall–Kier alpha value is -4.46. The molecule has 0 saturated carbocycles. The highest BCUT2D eigenvalue weighted by Crippen LogP contribution is 2.44. The molecule has 2 heterocycles. The Kier molecular flexibility index (Phi) is 4.87. The number of nitrogens with one attached hydrogen (secondary N) is 1. The van der Waals surface area contributed by atoms with Crippen LogP contribution in [0, 0.1) is 0 Å². The highest BCUT2D eigenvalue weighted by Gasteiger charge is 2.29. The van der Waals surface area contributed by atoms with Crippen molar-refractivity contribution in [1.29, 1.82) is 0 Å². The number of hydrogen-bond acceptors (Lipinski definition) is 5. The van der Waals surface area contributed by atoms with Gasteiger partial charge in [0.05, 0.1) is 11.9 Å². The summed E-state index contributed by atoms with van der Waals surface area (Å²) in [6.45, 7) is 0.114. The van der Waals surface area contributed by atoms with Crippen LogP contribution in [0.25, 0.3) is 16.8 Å². The number of pyridine rings is 1. The highest BCUT2D eigenvalue weighted by atomic mass is 16.5. The number of carbonyl (C=O) groups is 2. The van der Waals surface area contributed by atoms with Crippen molar-refractivity contribution < 1.29 is 19.4 Å². The van der Waals surface area contributed by atoms with E-state index in [-0.39, 0.29) is 24.0 Å². The van der Waals surface area contributed by atoms with Gasteiger partial charge in [-0.1, -0.05) is 48.5 Å². The van der Waals surface area contributed by atoms with E-state index in [9.17, 15) is 14.7 Å². The van der Waals surface area contributed by atoms with E-state index in [1.165, 1.54) is 17.1 Å². The smallest absolute Gasteiger partial charge is 0.412 e. The number of carbonyl (C=O) groups excluding carboxylic acids is 1. The lowest BCUT2D eigenvalue weighted by Crippen LogP contribution is -2.20. The van der Waals surface area contributed by atoms with Gasteiger partial charge in [0.25, 0.3) is 0 Å². The summed E-state index contributed by atoms with van der Waals surface area (Å²) in [4.78, 5) is 32.2. The lowest BCUT2D eigenvalue weighted by Gasteiger charge is -2.15. The predicted molar refractivity (Wildman–Crippen MR) is 117 cm³/mol. The Morgan fingerprint density at radius 2 is 1.69 bits per heavy atom. The average Bonchev–Trinajstić information content (AvgIpc) is 3.38. The minimum Gasteiger partial charge on any atom is -0.476 e. The number of imidazole rings is 1. The van der Waals surface area contributed by atoms with E-state index in [1.807, 2.05) is 36.4 Å². The number of amides is 1. The van der Waals surface area contributed by atoms with E-state index >= 15 is 0 Å². The first-order valence-corrected chi connectivity index (χ1v) is 9.96. The number of aromatic carboxylic acids is 1. The van der Waals surface area contributed by atoms with Crippen LogP contribution < -0.4 is 5.32 Å². The molecule has 0 radical (unpaired) electrons. The summed E-state index contributed by atoms with van der Waals surface area (Å²) < 4.78 is 6.98. The fraction of sp³-hybridized carbons (Fsp3) is 0.0833. The number of aromatic nitrogens is 3. The first kappa shape index (κ1) is 19.5. The quantitative estimate of drug-likeness (QED) is 0.492. The van der Waals surface area contributed by atoms with Crippen LogP contribution >= 0.6 is 0 Å². The van der Waals surface area contributed by atoms with Crippen LogP contribution in [0.5, 0.6) is 0 Å². The maximum atomic E-state index is 12.7. The molecule has 32 heavy (non-hydrogen) atoms. The Bertz CT molecular complexity index is 1270. The molecule has 0 spiro atoms. The molecule has 1 aliphatic carbocycles. The monoisotopic (exact) mass is 426 g/mol. The minimum atomic E-state index is -1.26. The molecule has 1 aliphatic rings. The Morgan fingerprint density at radius 3 is 2.31 bits per heavy atom. The van der Waals surface area contributed by atoms with Crippen molar-refractivity contribution in [3.8, 4) is 16.8 Å². The highest BCUT2D eigenvalue weighted by molar-refractivity contribution is 5.96. The Balaban J connectivity index is 1.38. The topological polar surface area (TPSA) is 106 Å². The maximum Gasteiger partial charge on any atom is 0.412 e. The second-order valence-electron chi connectivity index (χ2n) is 7.28. The fourth-order valence-corrected chi connectivity index (χ4v) is 4.05. The van der Waals surface area contributed by atoms with Crippen LogP contribution in [-0.2, 0) is 4.74 Å². The van der Waals surface area contributed by atoms with E-state index in [0.29, 0.717) is 5.69 Å². The molecule has 8 heteroatoms. The van der Waals surface area contributed by atoms with Crippen molar-refractivity contribution >= 4 is 17.9 Å². The van der Waals surface area contributed by atoms with Crippen LogP contribution in [0.15, 0.2) is 79.4 Å². The van der Waals surface area contributed by atoms with E-state index in [0.717, 1.165) is 22.3 Å². The second-order valence-corrected chi connectivity index (χ2v) is 7.28. The molecule has 2 aromatic heterocycles. The van der Waals surface area contributed by atoms with Gasteiger partial charge in [-0.15, -0.1) is 0 Å². The molecule has 0 bridgehead atoms. The van der Waals surface area contributed by atoms with Gasteiger partial charge in [0, 0.05) is 12.1 Å². The third-order valence-corrected chi connectivity index (χ3v) is 5.46. The second kappa shape index (κ2) is 7.99. The van der Waals surface area contributed by atoms with Gasteiger partial charge in [0.2, 0.25) is 0 Å². The van der Waals surface area contributed by atoms with E-state index in [4.69, 9.17) is 4.74 Å². The van der Waals surface area contributed by atoms with E-state index in [1.54, 1.807) is 18.3 Å². The first-order chi connectivity index (χ1) is 15.6. The van der Waals surface area contributed by atoms with Gasteiger partial charge in [0.15, 0.2) is 11.5 Å². The summed E-state index contributed by atoms with van der Waals surface area (Å²) in [6, 6.07) is 19.5.